The van der Waals surface area contributed by atoms with E-state index in [4.69, 9.17) is 0 Å². The van der Waals surface area contributed by atoms with Gasteiger partial charge in [-0.3, -0.25) is 0 Å². The number of nitrogens with one attached hydrogen (secondary N) is 1. The summed E-state index contributed by atoms with van der Waals surface area (Å²) in [6, 6.07) is 5.17. The molecule has 1 atom stereocenters. The summed E-state index contributed by atoms with van der Waals surface area (Å²) in [5.41, 5.74) is 5.72. The number of aryl methyl sites for hydroxylation is 2. The van der Waals surface area contributed by atoms with Gasteiger partial charge in [0.1, 0.15) is 0 Å². The Morgan fingerprint density at radius 1 is 1.29 bits per heavy atom. The number of hydrogen-bond donors (Lipinski definition) is 1. The molecule has 0 saturated heterocycles. The van der Waals surface area contributed by atoms with Gasteiger partial charge in [-0.2, -0.15) is 0 Å². The lowest BCUT2D eigenvalue weighted by atomic mass is 9.92. The van der Waals surface area contributed by atoms with E-state index < -0.39 is 0 Å². The molecule has 17 heavy (non-hydrogen) atoms. The summed E-state index contributed by atoms with van der Waals surface area (Å²) in [4.78, 5) is 2.26. The first-order valence-electron chi connectivity index (χ1n) is 6.58. The molecule has 1 aromatic rings. The van der Waals surface area contributed by atoms with Gasteiger partial charge in [-0.25, -0.2) is 0 Å². The second-order valence-corrected chi connectivity index (χ2v) is 5.51. The van der Waals surface area contributed by atoms with Crippen LogP contribution in [0.2, 0.25) is 0 Å². The molecule has 0 aromatic heterocycles. The first-order chi connectivity index (χ1) is 8.08. The highest BCUT2D eigenvalue weighted by Gasteiger charge is 2.19. The molecule has 0 radical (unpaired) electrons. The quantitative estimate of drug-likeness (QED) is 0.862. The number of hydrogen-bond acceptors (Lipinski definition) is 2. The summed E-state index contributed by atoms with van der Waals surface area (Å²) in [6.07, 6.45) is 3.73. The minimum Gasteiger partial charge on any atom is -0.382 e. The minimum absolute atomic E-state index is 0.644. The maximum atomic E-state index is 3.73. The van der Waals surface area contributed by atoms with Crippen LogP contribution >= 0.6 is 0 Å². The Labute approximate surface area is 105 Å². The molecular formula is C15H24N2. The molecule has 1 N–H and O–H groups in total. The van der Waals surface area contributed by atoms with Gasteiger partial charge in [-0.15, -0.1) is 0 Å². The van der Waals surface area contributed by atoms with Crippen molar-refractivity contribution in [3.05, 3.63) is 28.8 Å². The number of nitrogens with zero attached hydrogens (tertiary/aromatic N) is 1. The fourth-order valence-corrected chi connectivity index (χ4v) is 2.52. The third-order valence-electron chi connectivity index (χ3n) is 3.86. The van der Waals surface area contributed by atoms with Gasteiger partial charge >= 0.3 is 0 Å². The van der Waals surface area contributed by atoms with E-state index in [1.54, 1.807) is 0 Å². The molecule has 0 amide bonds. The monoisotopic (exact) mass is 232 g/mol. The Balaban J connectivity index is 2.09. The summed E-state index contributed by atoms with van der Waals surface area (Å²) < 4.78 is 0. The number of fused-ring (bicyclic) bond motifs is 1. The van der Waals surface area contributed by atoms with Crippen molar-refractivity contribution >= 4 is 5.69 Å². The molecule has 0 bridgehead atoms. The Morgan fingerprint density at radius 2 is 2.06 bits per heavy atom. The molecule has 1 heterocycles. The minimum atomic E-state index is 0.644. The standard InChI is InChI=1S/C15H24N2/c1-11-5-6-13-7-8-14(9-10-17(3)4)16-15(13)12(11)2/h5-6,14,16H,7-10H2,1-4H3. The van der Waals surface area contributed by atoms with E-state index in [9.17, 15) is 0 Å². The molecule has 0 spiro atoms. The zero-order chi connectivity index (χ0) is 12.4. The van der Waals surface area contributed by atoms with Gasteiger partial charge in [0, 0.05) is 11.7 Å². The highest BCUT2D eigenvalue weighted by atomic mass is 15.1. The van der Waals surface area contributed by atoms with Crippen molar-refractivity contribution in [1.29, 1.82) is 0 Å². The van der Waals surface area contributed by atoms with Crippen molar-refractivity contribution in [2.75, 3.05) is 26.0 Å². The van der Waals surface area contributed by atoms with E-state index in [2.05, 4.69) is 50.3 Å². The average molecular weight is 232 g/mol. The molecule has 94 valence electrons. The van der Waals surface area contributed by atoms with Gasteiger partial charge in [-0.1, -0.05) is 12.1 Å². The summed E-state index contributed by atoms with van der Waals surface area (Å²) in [7, 11) is 4.29. The second kappa shape index (κ2) is 5.09. The molecule has 0 saturated carbocycles. The lowest BCUT2D eigenvalue weighted by Gasteiger charge is -2.30. The molecule has 0 fully saturated rings. The zero-order valence-corrected chi connectivity index (χ0v) is 11.5. The van der Waals surface area contributed by atoms with Crippen LogP contribution in [0, 0.1) is 13.8 Å². The number of benzene rings is 1. The summed E-state index contributed by atoms with van der Waals surface area (Å²) in [5, 5.41) is 3.73. The predicted octanol–water partition coefficient (Wildman–Crippen LogP) is 2.98. The van der Waals surface area contributed by atoms with Crippen LogP contribution in [0.3, 0.4) is 0 Å². The molecule has 1 aliphatic rings. The summed E-state index contributed by atoms with van der Waals surface area (Å²) >= 11 is 0. The largest absolute Gasteiger partial charge is 0.382 e. The molecular weight excluding hydrogens is 208 g/mol. The van der Waals surface area contributed by atoms with E-state index in [1.165, 1.54) is 41.6 Å². The lowest BCUT2D eigenvalue weighted by Crippen LogP contribution is -2.30. The Morgan fingerprint density at radius 3 is 2.76 bits per heavy atom. The van der Waals surface area contributed by atoms with Gasteiger partial charge in [0.2, 0.25) is 0 Å². The van der Waals surface area contributed by atoms with Crippen LogP contribution in [0.5, 0.6) is 0 Å². The van der Waals surface area contributed by atoms with Gasteiger partial charge in [-0.05, 0) is 70.4 Å². The van der Waals surface area contributed by atoms with Crippen LogP contribution in [0.15, 0.2) is 12.1 Å². The van der Waals surface area contributed by atoms with Crippen molar-refractivity contribution in [3.8, 4) is 0 Å². The highest BCUT2D eigenvalue weighted by Crippen LogP contribution is 2.30. The normalized spacial score (nSPS) is 19.0. The molecule has 2 nitrogen and oxygen atoms in total. The highest BCUT2D eigenvalue weighted by molar-refractivity contribution is 5.61. The first kappa shape index (κ1) is 12.4. The second-order valence-electron chi connectivity index (χ2n) is 5.51. The van der Waals surface area contributed by atoms with Crippen molar-refractivity contribution < 1.29 is 0 Å². The summed E-state index contributed by atoms with van der Waals surface area (Å²) in [5.74, 6) is 0. The van der Waals surface area contributed by atoms with E-state index in [0.29, 0.717) is 6.04 Å². The average Bonchev–Trinajstić information content (AvgIpc) is 2.31. The van der Waals surface area contributed by atoms with Crippen LogP contribution in [-0.4, -0.2) is 31.6 Å². The fourth-order valence-electron chi connectivity index (χ4n) is 2.52. The topological polar surface area (TPSA) is 15.3 Å². The maximum Gasteiger partial charge on any atom is 0.0407 e. The number of anilines is 1. The predicted molar refractivity (Wildman–Crippen MR) is 74.8 cm³/mol. The van der Waals surface area contributed by atoms with Crippen molar-refractivity contribution in [2.24, 2.45) is 0 Å². The summed E-state index contributed by atoms with van der Waals surface area (Å²) in [6.45, 7) is 5.59. The molecule has 2 heteroatoms. The number of rotatable bonds is 3. The van der Waals surface area contributed by atoms with E-state index in [-0.39, 0.29) is 0 Å². The van der Waals surface area contributed by atoms with E-state index >= 15 is 0 Å². The molecule has 2 rings (SSSR count). The lowest BCUT2D eigenvalue weighted by molar-refractivity contribution is 0.379. The van der Waals surface area contributed by atoms with Gasteiger partial charge < -0.3 is 10.2 Å². The molecule has 1 unspecified atom stereocenters. The van der Waals surface area contributed by atoms with Gasteiger partial charge in [0.15, 0.2) is 0 Å². The molecule has 0 aliphatic carbocycles. The van der Waals surface area contributed by atoms with Crippen molar-refractivity contribution in [2.45, 2.75) is 39.2 Å². The SMILES string of the molecule is Cc1ccc2c(c1C)NC(CCN(C)C)CC2. The molecule has 1 aliphatic heterocycles. The van der Waals surface area contributed by atoms with Crippen molar-refractivity contribution in [1.82, 2.24) is 4.90 Å². The van der Waals surface area contributed by atoms with Crippen LogP contribution in [0.1, 0.15) is 29.5 Å². The van der Waals surface area contributed by atoms with Crippen LogP contribution < -0.4 is 5.32 Å². The van der Waals surface area contributed by atoms with Crippen LogP contribution in [-0.2, 0) is 6.42 Å². The van der Waals surface area contributed by atoms with E-state index in [1.807, 2.05) is 0 Å². The van der Waals surface area contributed by atoms with E-state index in [0.717, 1.165) is 6.54 Å². The molecule has 1 aromatic carbocycles. The fraction of sp³-hybridized carbons (Fsp3) is 0.600. The third kappa shape index (κ3) is 2.81. The smallest absolute Gasteiger partial charge is 0.0407 e. The zero-order valence-electron chi connectivity index (χ0n) is 11.5. The van der Waals surface area contributed by atoms with Crippen molar-refractivity contribution in [3.63, 3.8) is 0 Å². The Kier molecular flexibility index (Phi) is 3.72. The Hall–Kier alpha value is -1.02. The maximum absolute atomic E-state index is 3.73. The van der Waals surface area contributed by atoms with Gasteiger partial charge in [0.25, 0.3) is 0 Å². The van der Waals surface area contributed by atoms with Crippen LogP contribution in [0.4, 0.5) is 5.69 Å². The van der Waals surface area contributed by atoms with Gasteiger partial charge in [0.05, 0.1) is 0 Å². The third-order valence-corrected chi connectivity index (χ3v) is 3.86. The first-order valence-corrected chi connectivity index (χ1v) is 6.58. The Bertz CT molecular complexity index is 396. The van der Waals surface area contributed by atoms with Crippen LogP contribution in [0.25, 0.3) is 0 Å².